The Morgan fingerprint density at radius 1 is 1.19 bits per heavy atom. The molecule has 1 heterocycles. The third-order valence-corrected chi connectivity index (χ3v) is 5.06. The van der Waals surface area contributed by atoms with Gasteiger partial charge in [-0.3, -0.25) is 4.79 Å². The monoisotopic (exact) mass is 431 g/mol. The molecular weight excluding hydrogens is 407 g/mol. The van der Waals surface area contributed by atoms with E-state index in [0.717, 1.165) is 11.6 Å². The topological polar surface area (TPSA) is 63.1 Å². The predicted molar refractivity (Wildman–Crippen MR) is 113 cm³/mol. The van der Waals surface area contributed by atoms with Crippen LogP contribution in [0.25, 0.3) is 5.57 Å². The van der Waals surface area contributed by atoms with E-state index in [2.05, 4.69) is 10.6 Å². The Morgan fingerprint density at radius 3 is 2.55 bits per heavy atom. The number of carbonyl (C=O) groups excluding carboxylic acids is 1. The summed E-state index contributed by atoms with van der Waals surface area (Å²) in [4.78, 5) is 24.7. The summed E-state index contributed by atoms with van der Waals surface area (Å²) in [5.74, 6) is -0.0218. The average molecular weight is 431 g/mol. The van der Waals surface area contributed by atoms with Crippen LogP contribution in [-0.4, -0.2) is 17.1 Å². The van der Waals surface area contributed by atoms with Gasteiger partial charge in [0.25, 0.3) is 5.56 Å². The number of rotatable bonds is 5. The molecular formula is C23H24F3N3O2. The quantitative estimate of drug-likeness (QED) is 0.730. The van der Waals surface area contributed by atoms with E-state index in [9.17, 15) is 22.8 Å². The summed E-state index contributed by atoms with van der Waals surface area (Å²) in [6.45, 7) is 4.27. The SMILES string of the molecule is CCNC(=O)NC1=CC(c2cc(C(F)(F)F)cc(=O)n2Cc2ccccc2)=CCC1C. The van der Waals surface area contributed by atoms with Crippen LogP contribution in [0.3, 0.4) is 0 Å². The Kier molecular flexibility index (Phi) is 6.68. The zero-order valence-electron chi connectivity index (χ0n) is 17.3. The second kappa shape index (κ2) is 9.24. The highest BCUT2D eigenvalue weighted by Gasteiger charge is 2.32. The van der Waals surface area contributed by atoms with Gasteiger partial charge in [0.15, 0.2) is 0 Å². The molecule has 164 valence electrons. The smallest absolute Gasteiger partial charge is 0.338 e. The van der Waals surface area contributed by atoms with Gasteiger partial charge < -0.3 is 15.2 Å². The van der Waals surface area contributed by atoms with Crippen LogP contribution in [0.5, 0.6) is 0 Å². The lowest BCUT2D eigenvalue weighted by molar-refractivity contribution is -0.137. The van der Waals surface area contributed by atoms with Crippen LogP contribution in [0.1, 0.15) is 37.1 Å². The summed E-state index contributed by atoms with van der Waals surface area (Å²) < 4.78 is 41.6. The molecule has 5 nitrogen and oxygen atoms in total. The summed E-state index contributed by atoms with van der Waals surface area (Å²) in [5.41, 5.74) is 0.261. The number of allylic oxidation sites excluding steroid dienone is 4. The maximum atomic E-state index is 13.4. The van der Waals surface area contributed by atoms with E-state index in [1.807, 2.05) is 25.1 Å². The highest BCUT2D eigenvalue weighted by atomic mass is 19.4. The minimum absolute atomic E-state index is 0.0218. The van der Waals surface area contributed by atoms with E-state index in [1.54, 1.807) is 31.2 Å². The number of hydrogen-bond donors (Lipinski definition) is 2. The van der Waals surface area contributed by atoms with Gasteiger partial charge in [0, 0.05) is 18.3 Å². The van der Waals surface area contributed by atoms with Crippen LogP contribution in [0.15, 0.2) is 65.1 Å². The van der Waals surface area contributed by atoms with Crippen molar-refractivity contribution >= 4 is 11.6 Å². The van der Waals surface area contributed by atoms with E-state index in [1.165, 1.54) is 4.57 Å². The molecule has 31 heavy (non-hydrogen) atoms. The minimum atomic E-state index is -4.64. The Hall–Kier alpha value is -3.29. The van der Waals surface area contributed by atoms with Gasteiger partial charge in [0.05, 0.1) is 17.8 Å². The first-order valence-corrected chi connectivity index (χ1v) is 10.0. The van der Waals surface area contributed by atoms with Crippen LogP contribution >= 0.6 is 0 Å². The van der Waals surface area contributed by atoms with Gasteiger partial charge in [0.1, 0.15) is 0 Å². The zero-order valence-corrected chi connectivity index (χ0v) is 17.3. The van der Waals surface area contributed by atoms with Gasteiger partial charge in [-0.15, -0.1) is 0 Å². The number of benzene rings is 1. The van der Waals surface area contributed by atoms with Crippen LogP contribution in [0.4, 0.5) is 18.0 Å². The van der Waals surface area contributed by atoms with Crippen molar-refractivity contribution in [1.82, 2.24) is 15.2 Å². The molecule has 1 unspecified atom stereocenters. The van der Waals surface area contributed by atoms with Crippen molar-refractivity contribution in [1.29, 1.82) is 0 Å². The first-order valence-electron chi connectivity index (χ1n) is 10.0. The fraction of sp³-hybridized carbons (Fsp3) is 0.304. The van der Waals surface area contributed by atoms with E-state index >= 15 is 0 Å². The molecule has 0 aliphatic heterocycles. The summed E-state index contributed by atoms with van der Waals surface area (Å²) in [7, 11) is 0. The number of carbonyl (C=O) groups is 1. The van der Waals surface area contributed by atoms with Crippen molar-refractivity contribution in [2.75, 3.05) is 6.54 Å². The van der Waals surface area contributed by atoms with Gasteiger partial charge in [-0.25, -0.2) is 4.79 Å². The molecule has 8 heteroatoms. The number of alkyl halides is 3. The number of aromatic nitrogens is 1. The Bertz CT molecular complexity index is 1070. The molecule has 0 spiro atoms. The number of halogens is 3. The first-order chi connectivity index (χ1) is 14.7. The Balaban J connectivity index is 2.09. The predicted octanol–water partition coefficient (Wildman–Crippen LogP) is 4.54. The molecule has 0 bridgehead atoms. The molecule has 1 aromatic carbocycles. The maximum absolute atomic E-state index is 13.4. The van der Waals surface area contributed by atoms with Crippen molar-refractivity contribution in [3.8, 4) is 0 Å². The lowest BCUT2D eigenvalue weighted by Gasteiger charge is -2.23. The van der Waals surface area contributed by atoms with Crippen LogP contribution in [0.2, 0.25) is 0 Å². The summed E-state index contributed by atoms with van der Waals surface area (Å²) >= 11 is 0. The van der Waals surface area contributed by atoms with Gasteiger partial charge in [0.2, 0.25) is 0 Å². The standard InChI is InChI=1S/C23H24F3N3O2/c1-3-27-22(31)28-19-11-17(10-9-15(19)2)20-12-18(23(24,25)26)13-21(30)29(20)14-16-7-5-4-6-8-16/h4-8,10-13,15H,3,9,14H2,1-2H3,(H2,27,28,31). The van der Waals surface area contributed by atoms with Crippen molar-refractivity contribution < 1.29 is 18.0 Å². The second-order valence-electron chi connectivity index (χ2n) is 7.42. The molecule has 2 N–H and O–H groups in total. The van der Waals surface area contributed by atoms with E-state index in [-0.39, 0.29) is 24.2 Å². The molecule has 2 aromatic rings. The zero-order chi connectivity index (χ0) is 22.6. The molecule has 1 aliphatic rings. The molecule has 0 fully saturated rings. The average Bonchev–Trinajstić information content (AvgIpc) is 2.71. The van der Waals surface area contributed by atoms with Crippen LogP contribution < -0.4 is 16.2 Å². The van der Waals surface area contributed by atoms with E-state index in [4.69, 9.17) is 0 Å². The van der Waals surface area contributed by atoms with Crippen molar-refractivity contribution in [2.45, 2.75) is 33.0 Å². The van der Waals surface area contributed by atoms with Crippen molar-refractivity contribution in [2.24, 2.45) is 5.92 Å². The molecule has 3 rings (SSSR count). The number of urea groups is 1. The van der Waals surface area contributed by atoms with E-state index < -0.39 is 17.3 Å². The number of nitrogens with one attached hydrogen (secondary N) is 2. The van der Waals surface area contributed by atoms with Crippen molar-refractivity contribution in [3.05, 3.63) is 87.5 Å². The molecule has 0 radical (unpaired) electrons. The molecule has 2 amide bonds. The fourth-order valence-electron chi connectivity index (χ4n) is 3.40. The Labute approximate surface area is 178 Å². The lowest BCUT2D eigenvalue weighted by Crippen LogP contribution is -2.36. The highest BCUT2D eigenvalue weighted by Crippen LogP contribution is 2.33. The normalized spacial score (nSPS) is 16.4. The highest BCUT2D eigenvalue weighted by molar-refractivity contribution is 5.79. The summed E-state index contributed by atoms with van der Waals surface area (Å²) in [6, 6.07) is 10.3. The number of pyridine rings is 1. The lowest BCUT2D eigenvalue weighted by atomic mass is 9.92. The van der Waals surface area contributed by atoms with Crippen molar-refractivity contribution in [3.63, 3.8) is 0 Å². The summed E-state index contributed by atoms with van der Waals surface area (Å²) in [6.07, 6.45) is -0.693. The number of hydrogen-bond acceptors (Lipinski definition) is 2. The second-order valence-corrected chi connectivity index (χ2v) is 7.42. The fourth-order valence-corrected chi connectivity index (χ4v) is 3.40. The van der Waals surface area contributed by atoms with Gasteiger partial charge >= 0.3 is 12.2 Å². The largest absolute Gasteiger partial charge is 0.416 e. The third kappa shape index (κ3) is 5.45. The molecule has 0 saturated carbocycles. The van der Waals surface area contributed by atoms with Gasteiger partial charge in [-0.2, -0.15) is 13.2 Å². The minimum Gasteiger partial charge on any atom is -0.338 e. The van der Waals surface area contributed by atoms with Gasteiger partial charge in [-0.05, 0) is 42.5 Å². The van der Waals surface area contributed by atoms with Gasteiger partial charge in [-0.1, -0.05) is 43.3 Å². The van der Waals surface area contributed by atoms with Crippen LogP contribution in [-0.2, 0) is 12.7 Å². The molecule has 1 aromatic heterocycles. The first kappa shape index (κ1) is 22.4. The number of amides is 2. The molecule has 0 saturated heterocycles. The summed E-state index contributed by atoms with van der Waals surface area (Å²) in [5, 5.41) is 5.39. The van der Waals surface area contributed by atoms with E-state index in [0.29, 0.717) is 30.3 Å². The number of nitrogens with zero attached hydrogens (tertiary/aromatic N) is 1. The molecule has 1 aliphatic carbocycles. The third-order valence-electron chi connectivity index (χ3n) is 5.06. The maximum Gasteiger partial charge on any atom is 0.416 e. The van der Waals surface area contributed by atoms with Crippen LogP contribution in [0, 0.1) is 5.92 Å². The Morgan fingerprint density at radius 2 is 1.90 bits per heavy atom. The molecule has 1 atom stereocenters.